The first kappa shape index (κ1) is 15.1. The van der Waals surface area contributed by atoms with Gasteiger partial charge in [0.2, 0.25) is 0 Å². The van der Waals surface area contributed by atoms with Gasteiger partial charge in [0.15, 0.2) is 0 Å². The summed E-state index contributed by atoms with van der Waals surface area (Å²) in [6.45, 7) is 6.71. The highest BCUT2D eigenvalue weighted by molar-refractivity contribution is 7.21. The van der Waals surface area contributed by atoms with Crippen molar-refractivity contribution in [2.45, 2.75) is 33.5 Å². The molecule has 0 radical (unpaired) electrons. The summed E-state index contributed by atoms with van der Waals surface area (Å²) in [6.07, 6.45) is -0.0521. The van der Waals surface area contributed by atoms with Gasteiger partial charge in [-0.2, -0.15) is 0 Å². The van der Waals surface area contributed by atoms with Crippen molar-refractivity contribution in [1.82, 2.24) is 9.88 Å². The minimum atomic E-state index is -0.0521. The lowest BCUT2D eigenvalue weighted by Crippen LogP contribution is -2.45. The number of aromatic nitrogens is 1. The van der Waals surface area contributed by atoms with Gasteiger partial charge in [-0.25, -0.2) is 4.98 Å². The van der Waals surface area contributed by atoms with Crippen LogP contribution in [0.1, 0.15) is 33.4 Å². The molecule has 0 saturated carbocycles. The van der Waals surface area contributed by atoms with Crippen molar-refractivity contribution >= 4 is 33.1 Å². The average Bonchev–Trinajstić information content (AvgIpc) is 2.91. The van der Waals surface area contributed by atoms with Crippen molar-refractivity contribution in [3.63, 3.8) is 0 Å². The number of carbonyl (C=O) groups excluding carboxylic acids is 1. The Labute approximate surface area is 145 Å². The lowest BCUT2D eigenvalue weighted by molar-refractivity contribution is 0.0689. The summed E-state index contributed by atoms with van der Waals surface area (Å²) in [5, 5.41) is 4.60. The predicted molar refractivity (Wildman–Crippen MR) is 98.5 cm³/mol. The lowest BCUT2D eigenvalue weighted by Gasteiger charge is -2.34. The van der Waals surface area contributed by atoms with Crippen LogP contribution in [0.5, 0.6) is 0 Å². The number of fused-ring (bicyclic) bond motifs is 3. The molecule has 1 aliphatic heterocycles. The van der Waals surface area contributed by atoms with Crippen LogP contribution in [0.25, 0.3) is 10.2 Å². The largest absolute Gasteiger partial charge is 0.363 e. The van der Waals surface area contributed by atoms with Crippen LogP contribution >= 0.6 is 11.3 Å². The second-order valence-corrected chi connectivity index (χ2v) is 7.30. The number of hydrogen-bond donors (Lipinski definition) is 1. The number of amides is 1. The van der Waals surface area contributed by atoms with Crippen LogP contribution in [0, 0.1) is 13.8 Å². The summed E-state index contributed by atoms with van der Waals surface area (Å²) in [4.78, 5) is 21.3. The highest BCUT2D eigenvalue weighted by Gasteiger charge is 2.33. The maximum Gasteiger partial charge on any atom is 0.268 e. The van der Waals surface area contributed by atoms with E-state index in [9.17, 15) is 4.79 Å². The van der Waals surface area contributed by atoms with Crippen molar-refractivity contribution in [2.24, 2.45) is 0 Å². The second kappa shape index (κ2) is 5.60. The van der Waals surface area contributed by atoms with E-state index in [1.807, 2.05) is 36.9 Å². The fraction of sp³-hybridized carbons (Fsp3) is 0.263. The van der Waals surface area contributed by atoms with Gasteiger partial charge in [-0.3, -0.25) is 4.79 Å². The molecule has 24 heavy (non-hydrogen) atoms. The molecule has 1 aliphatic rings. The summed E-state index contributed by atoms with van der Waals surface area (Å²) < 4.78 is 0. The number of aryl methyl sites for hydroxylation is 2. The van der Waals surface area contributed by atoms with Crippen molar-refractivity contribution in [2.75, 3.05) is 5.32 Å². The third-order valence-corrected chi connectivity index (χ3v) is 5.53. The predicted octanol–water partition coefficient (Wildman–Crippen LogP) is 4.33. The molecule has 3 heterocycles. The molecule has 0 saturated heterocycles. The van der Waals surface area contributed by atoms with E-state index in [1.54, 1.807) is 0 Å². The van der Waals surface area contributed by atoms with Crippen molar-refractivity contribution < 1.29 is 4.79 Å². The zero-order valence-corrected chi connectivity index (χ0v) is 14.8. The van der Waals surface area contributed by atoms with Crippen molar-refractivity contribution in [3.05, 3.63) is 58.1 Å². The number of thiophene rings is 1. The highest BCUT2D eigenvalue weighted by Crippen LogP contribution is 2.41. The average molecular weight is 337 g/mol. The molecule has 0 bridgehead atoms. The summed E-state index contributed by atoms with van der Waals surface area (Å²) >= 11 is 1.49. The molecule has 4 rings (SSSR count). The van der Waals surface area contributed by atoms with E-state index in [1.165, 1.54) is 16.9 Å². The maximum absolute atomic E-state index is 13.1. The van der Waals surface area contributed by atoms with Crippen LogP contribution in [0.15, 0.2) is 36.4 Å². The fourth-order valence-corrected chi connectivity index (χ4v) is 4.53. The van der Waals surface area contributed by atoms with E-state index in [0.717, 1.165) is 32.0 Å². The molecule has 1 unspecified atom stereocenters. The minimum absolute atomic E-state index is 0.0521. The maximum atomic E-state index is 13.1. The van der Waals surface area contributed by atoms with Crippen LogP contribution in [-0.2, 0) is 6.54 Å². The van der Waals surface area contributed by atoms with Crippen LogP contribution in [-0.4, -0.2) is 22.0 Å². The number of hydrogen-bond acceptors (Lipinski definition) is 4. The van der Waals surface area contributed by atoms with Crippen LogP contribution in [0.2, 0.25) is 0 Å². The Morgan fingerprint density at radius 3 is 2.75 bits per heavy atom. The summed E-state index contributed by atoms with van der Waals surface area (Å²) in [7, 11) is 0. The monoisotopic (exact) mass is 337 g/mol. The first-order valence-corrected chi connectivity index (χ1v) is 8.88. The molecule has 0 aliphatic carbocycles. The van der Waals surface area contributed by atoms with Gasteiger partial charge in [-0.15, -0.1) is 11.3 Å². The molecule has 2 aromatic heterocycles. The molecular weight excluding hydrogens is 318 g/mol. The first-order chi connectivity index (χ1) is 11.5. The minimum Gasteiger partial charge on any atom is -0.363 e. The third kappa shape index (κ3) is 2.36. The topological polar surface area (TPSA) is 45.2 Å². The highest BCUT2D eigenvalue weighted by atomic mass is 32.1. The number of pyridine rings is 1. The molecule has 122 valence electrons. The molecule has 0 fully saturated rings. The Hall–Kier alpha value is -2.40. The van der Waals surface area contributed by atoms with Crippen molar-refractivity contribution in [1.29, 1.82) is 0 Å². The SMILES string of the molecule is Cc1cc(C)c2c3c(sc2n1)C(=O)N(Cc1ccccc1)C(C)N3. The van der Waals surface area contributed by atoms with E-state index in [4.69, 9.17) is 0 Å². The van der Waals surface area contributed by atoms with Gasteiger partial charge in [0.1, 0.15) is 9.71 Å². The molecule has 0 spiro atoms. The van der Waals surface area contributed by atoms with Crippen LogP contribution in [0.3, 0.4) is 0 Å². The Balaban J connectivity index is 1.78. The summed E-state index contributed by atoms with van der Waals surface area (Å²) in [6, 6.07) is 12.2. The zero-order valence-electron chi connectivity index (χ0n) is 14.0. The Kier molecular flexibility index (Phi) is 3.53. The Bertz CT molecular complexity index is 933. The Morgan fingerprint density at radius 1 is 1.25 bits per heavy atom. The first-order valence-electron chi connectivity index (χ1n) is 8.07. The molecule has 5 heteroatoms. The van der Waals surface area contributed by atoms with E-state index in [-0.39, 0.29) is 12.1 Å². The number of nitrogens with one attached hydrogen (secondary N) is 1. The van der Waals surface area contributed by atoms with Crippen LogP contribution in [0.4, 0.5) is 5.69 Å². The molecular formula is C19H19N3OS. The molecule has 1 atom stereocenters. The number of anilines is 1. The number of nitrogens with zero attached hydrogens (tertiary/aromatic N) is 2. The quantitative estimate of drug-likeness (QED) is 0.757. The molecule has 1 N–H and O–H groups in total. The van der Waals surface area contributed by atoms with E-state index in [2.05, 4.69) is 35.4 Å². The Morgan fingerprint density at radius 2 is 2.00 bits per heavy atom. The van der Waals surface area contributed by atoms with E-state index >= 15 is 0 Å². The standard InChI is InChI=1S/C19H19N3OS/c1-11-9-12(2)20-18-15(11)16-17(24-18)19(23)22(13(3)21-16)10-14-7-5-4-6-8-14/h4-9,13,21H,10H2,1-3H3. The second-order valence-electron chi connectivity index (χ2n) is 6.31. The fourth-order valence-electron chi connectivity index (χ4n) is 3.31. The van der Waals surface area contributed by atoms with E-state index < -0.39 is 0 Å². The number of benzene rings is 1. The number of carbonyl (C=O) groups is 1. The number of rotatable bonds is 2. The summed E-state index contributed by atoms with van der Waals surface area (Å²) in [5.74, 6) is 0.0835. The van der Waals surface area contributed by atoms with Crippen molar-refractivity contribution in [3.8, 4) is 0 Å². The van der Waals surface area contributed by atoms with E-state index in [0.29, 0.717) is 6.54 Å². The lowest BCUT2D eigenvalue weighted by atomic mass is 10.1. The summed E-state index contributed by atoms with van der Waals surface area (Å²) in [5.41, 5.74) is 4.23. The van der Waals surface area contributed by atoms with Crippen LogP contribution < -0.4 is 5.32 Å². The van der Waals surface area contributed by atoms with Gasteiger partial charge in [0.05, 0.1) is 11.9 Å². The van der Waals surface area contributed by atoms with Gasteiger partial charge < -0.3 is 10.2 Å². The van der Waals surface area contributed by atoms with Gasteiger partial charge in [0, 0.05) is 17.6 Å². The zero-order chi connectivity index (χ0) is 16.8. The van der Waals surface area contributed by atoms with Gasteiger partial charge in [0.25, 0.3) is 5.91 Å². The normalized spacial score (nSPS) is 17.0. The molecule has 1 aromatic carbocycles. The molecule has 4 nitrogen and oxygen atoms in total. The van der Waals surface area contributed by atoms with Gasteiger partial charge in [-0.1, -0.05) is 30.3 Å². The van der Waals surface area contributed by atoms with Gasteiger partial charge in [-0.05, 0) is 38.0 Å². The molecule has 3 aromatic rings. The third-order valence-electron chi connectivity index (χ3n) is 4.46. The molecule has 1 amide bonds. The smallest absolute Gasteiger partial charge is 0.268 e. The van der Waals surface area contributed by atoms with Gasteiger partial charge >= 0.3 is 0 Å².